The Kier molecular flexibility index (Phi) is 5.54. The van der Waals surface area contributed by atoms with E-state index in [0.717, 1.165) is 11.3 Å². The summed E-state index contributed by atoms with van der Waals surface area (Å²) in [6.45, 7) is 1.67. The van der Waals surface area contributed by atoms with Crippen molar-refractivity contribution >= 4 is 12.1 Å². The predicted molar refractivity (Wildman–Crippen MR) is 85.3 cm³/mol. The van der Waals surface area contributed by atoms with Crippen LogP contribution in [-0.2, 0) is 4.79 Å². The Labute approximate surface area is 129 Å². The lowest BCUT2D eigenvalue weighted by Crippen LogP contribution is -2.33. The van der Waals surface area contributed by atoms with Crippen LogP contribution >= 0.6 is 0 Å². The van der Waals surface area contributed by atoms with E-state index in [1.54, 1.807) is 32.4 Å². The largest absolute Gasteiger partial charge is 0.497 e. The number of para-hydroxylation sites is 1. The molecule has 0 aliphatic carbocycles. The van der Waals surface area contributed by atoms with Gasteiger partial charge < -0.3 is 9.47 Å². The maximum absolute atomic E-state index is 11.9. The fraction of sp³-hybridized carbons (Fsp3) is 0.176. The van der Waals surface area contributed by atoms with E-state index in [0.29, 0.717) is 5.75 Å². The van der Waals surface area contributed by atoms with Crippen molar-refractivity contribution < 1.29 is 14.3 Å². The molecule has 0 spiro atoms. The second kappa shape index (κ2) is 7.83. The molecule has 2 aromatic carbocycles. The normalized spacial score (nSPS) is 11.9. The van der Waals surface area contributed by atoms with E-state index in [4.69, 9.17) is 9.47 Å². The minimum Gasteiger partial charge on any atom is -0.497 e. The van der Waals surface area contributed by atoms with Crippen LogP contribution in [0.25, 0.3) is 0 Å². The highest BCUT2D eigenvalue weighted by Gasteiger charge is 2.13. The quantitative estimate of drug-likeness (QED) is 0.659. The summed E-state index contributed by atoms with van der Waals surface area (Å²) < 4.78 is 10.6. The van der Waals surface area contributed by atoms with Gasteiger partial charge in [-0.1, -0.05) is 18.2 Å². The molecule has 0 heterocycles. The number of hydrazone groups is 1. The number of methoxy groups -OCH3 is 1. The molecule has 1 atom stereocenters. The van der Waals surface area contributed by atoms with Gasteiger partial charge in [0.2, 0.25) is 0 Å². The first-order valence-corrected chi connectivity index (χ1v) is 6.87. The first-order valence-electron chi connectivity index (χ1n) is 6.87. The highest BCUT2D eigenvalue weighted by atomic mass is 16.5. The van der Waals surface area contributed by atoms with E-state index in [-0.39, 0.29) is 5.91 Å². The van der Waals surface area contributed by atoms with Gasteiger partial charge in [0.1, 0.15) is 11.5 Å². The summed E-state index contributed by atoms with van der Waals surface area (Å²) >= 11 is 0. The summed E-state index contributed by atoms with van der Waals surface area (Å²) in [4.78, 5) is 11.9. The first kappa shape index (κ1) is 15.6. The lowest BCUT2D eigenvalue weighted by Gasteiger charge is -2.12. The van der Waals surface area contributed by atoms with Crippen molar-refractivity contribution in [2.45, 2.75) is 13.0 Å². The van der Waals surface area contributed by atoms with Crippen LogP contribution in [0.1, 0.15) is 12.5 Å². The van der Waals surface area contributed by atoms with Gasteiger partial charge in [-0.25, -0.2) is 5.43 Å². The number of nitrogens with one attached hydrogen (secondary N) is 1. The second-order valence-electron chi connectivity index (χ2n) is 4.58. The number of rotatable bonds is 6. The van der Waals surface area contributed by atoms with Crippen LogP contribution in [0.15, 0.2) is 59.7 Å². The minimum atomic E-state index is -0.629. The van der Waals surface area contributed by atoms with Gasteiger partial charge in [-0.2, -0.15) is 5.10 Å². The number of benzene rings is 2. The molecule has 1 N–H and O–H groups in total. The number of carbonyl (C=O) groups is 1. The fourth-order valence-corrected chi connectivity index (χ4v) is 1.71. The monoisotopic (exact) mass is 298 g/mol. The molecule has 0 aromatic heterocycles. The molecule has 0 unspecified atom stereocenters. The zero-order valence-corrected chi connectivity index (χ0v) is 12.5. The molecule has 0 saturated carbocycles. The van der Waals surface area contributed by atoms with Gasteiger partial charge >= 0.3 is 0 Å². The fourth-order valence-electron chi connectivity index (χ4n) is 1.71. The summed E-state index contributed by atoms with van der Waals surface area (Å²) in [5.41, 5.74) is 3.31. The summed E-state index contributed by atoms with van der Waals surface area (Å²) in [7, 11) is 1.61. The zero-order valence-electron chi connectivity index (χ0n) is 12.5. The maximum atomic E-state index is 11.9. The average Bonchev–Trinajstić information content (AvgIpc) is 2.56. The highest BCUT2D eigenvalue weighted by molar-refractivity contribution is 5.84. The van der Waals surface area contributed by atoms with Crippen LogP contribution in [-0.4, -0.2) is 25.3 Å². The van der Waals surface area contributed by atoms with E-state index >= 15 is 0 Å². The first-order chi connectivity index (χ1) is 10.7. The van der Waals surface area contributed by atoms with Gasteiger partial charge in [0.15, 0.2) is 6.10 Å². The van der Waals surface area contributed by atoms with Gasteiger partial charge in [0.05, 0.1) is 13.3 Å². The van der Waals surface area contributed by atoms with E-state index in [2.05, 4.69) is 10.5 Å². The molecule has 0 radical (unpaired) electrons. The van der Waals surface area contributed by atoms with Crippen molar-refractivity contribution in [1.29, 1.82) is 0 Å². The van der Waals surface area contributed by atoms with Gasteiger partial charge in [0.25, 0.3) is 5.91 Å². The van der Waals surface area contributed by atoms with Gasteiger partial charge in [-0.15, -0.1) is 0 Å². The molecule has 5 heteroatoms. The second-order valence-corrected chi connectivity index (χ2v) is 4.58. The number of ether oxygens (including phenoxy) is 2. The molecule has 0 aliphatic heterocycles. The summed E-state index contributed by atoms with van der Waals surface area (Å²) in [6.07, 6.45) is 0.933. The topological polar surface area (TPSA) is 59.9 Å². The Morgan fingerprint density at radius 2 is 1.77 bits per heavy atom. The third kappa shape index (κ3) is 4.63. The third-order valence-corrected chi connectivity index (χ3v) is 2.93. The Bertz CT molecular complexity index is 624. The standard InChI is InChI=1S/C17H18N2O3/c1-13(22-16-6-4-3-5-7-16)17(20)19-18-12-14-8-10-15(21-2)11-9-14/h3-13H,1-2H3,(H,19,20)/t13-/m1/s1. The summed E-state index contributed by atoms with van der Waals surface area (Å²) in [5.74, 6) is 1.10. The van der Waals surface area contributed by atoms with Crippen LogP contribution in [0.4, 0.5) is 0 Å². The smallest absolute Gasteiger partial charge is 0.280 e. The van der Waals surface area contributed by atoms with Crippen LogP contribution < -0.4 is 14.9 Å². The molecule has 2 aromatic rings. The van der Waals surface area contributed by atoms with Crippen molar-refractivity contribution in [2.75, 3.05) is 7.11 Å². The Balaban J connectivity index is 1.84. The molecule has 1 amide bonds. The highest BCUT2D eigenvalue weighted by Crippen LogP contribution is 2.11. The van der Waals surface area contributed by atoms with Crippen molar-refractivity contribution in [1.82, 2.24) is 5.43 Å². The Morgan fingerprint density at radius 3 is 2.41 bits per heavy atom. The molecule has 114 valence electrons. The SMILES string of the molecule is COc1ccc(C=NNC(=O)[C@@H](C)Oc2ccccc2)cc1. The lowest BCUT2D eigenvalue weighted by molar-refractivity contribution is -0.127. The summed E-state index contributed by atoms with van der Waals surface area (Å²) in [5, 5.41) is 3.91. The van der Waals surface area contributed by atoms with Crippen LogP contribution in [0.3, 0.4) is 0 Å². The third-order valence-electron chi connectivity index (χ3n) is 2.93. The van der Waals surface area contributed by atoms with E-state index in [1.807, 2.05) is 42.5 Å². The summed E-state index contributed by atoms with van der Waals surface area (Å²) in [6, 6.07) is 16.5. The van der Waals surface area contributed by atoms with Crippen molar-refractivity contribution in [2.24, 2.45) is 5.10 Å². The lowest BCUT2D eigenvalue weighted by atomic mass is 10.2. The molecule has 22 heavy (non-hydrogen) atoms. The Morgan fingerprint density at radius 1 is 1.09 bits per heavy atom. The van der Waals surface area contributed by atoms with Crippen molar-refractivity contribution in [3.63, 3.8) is 0 Å². The minimum absolute atomic E-state index is 0.311. The van der Waals surface area contributed by atoms with Crippen LogP contribution in [0, 0.1) is 0 Å². The maximum Gasteiger partial charge on any atom is 0.280 e. The molecule has 0 fully saturated rings. The van der Waals surface area contributed by atoms with Crippen molar-refractivity contribution in [3.05, 3.63) is 60.2 Å². The number of hydrogen-bond acceptors (Lipinski definition) is 4. The van der Waals surface area contributed by atoms with Gasteiger partial charge in [0, 0.05) is 0 Å². The molecular formula is C17H18N2O3. The van der Waals surface area contributed by atoms with Crippen molar-refractivity contribution in [3.8, 4) is 11.5 Å². The van der Waals surface area contributed by atoms with E-state index in [9.17, 15) is 4.79 Å². The molecule has 5 nitrogen and oxygen atoms in total. The number of carbonyl (C=O) groups excluding carboxylic acids is 1. The molecule has 2 rings (SSSR count). The van der Waals surface area contributed by atoms with Gasteiger partial charge in [-0.05, 0) is 48.9 Å². The number of hydrogen-bond donors (Lipinski definition) is 1. The van der Waals surface area contributed by atoms with E-state index in [1.165, 1.54) is 0 Å². The van der Waals surface area contributed by atoms with Gasteiger partial charge in [-0.3, -0.25) is 4.79 Å². The van der Waals surface area contributed by atoms with E-state index < -0.39 is 6.10 Å². The number of amides is 1. The zero-order chi connectivity index (χ0) is 15.8. The van der Waals surface area contributed by atoms with Crippen LogP contribution in [0.5, 0.6) is 11.5 Å². The molecule has 0 bridgehead atoms. The average molecular weight is 298 g/mol. The molecule has 0 saturated heterocycles. The number of nitrogens with zero attached hydrogens (tertiary/aromatic N) is 1. The predicted octanol–water partition coefficient (Wildman–Crippen LogP) is 2.61. The Hall–Kier alpha value is -2.82. The van der Waals surface area contributed by atoms with Crippen LogP contribution in [0.2, 0.25) is 0 Å². The molecular weight excluding hydrogens is 280 g/mol. The molecule has 0 aliphatic rings.